The van der Waals surface area contributed by atoms with Gasteiger partial charge in [0.1, 0.15) is 11.0 Å². The SMILES string of the molecule is CN(C)C(=O)N1CCC(C2=Nc3[nH]ncc3C(c3cccc4nonc34)C2C#N)CC1. The van der Waals surface area contributed by atoms with Gasteiger partial charge >= 0.3 is 6.03 Å². The van der Waals surface area contributed by atoms with Crippen LogP contribution in [0.25, 0.3) is 11.0 Å². The minimum absolute atomic E-state index is 0.0137. The van der Waals surface area contributed by atoms with Crippen LogP contribution in [0.15, 0.2) is 34.0 Å². The number of amides is 2. The van der Waals surface area contributed by atoms with Gasteiger partial charge in [0.25, 0.3) is 0 Å². The number of aromatic nitrogens is 4. The third kappa shape index (κ3) is 3.13. The number of urea groups is 1. The summed E-state index contributed by atoms with van der Waals surface area (Å²) in [5.74, 6) is 0.0491. The maximum Gasteiger partial charge on any atom is 0.319 e. The number of likely N-dealkylation sites (tertiary alicyclic amines) is 1. The largest absolute Gasteiger partial charge is 0.331 e. The maximum atomic E-state index is 12.3. The van der Waals surface area contributed by atoms with E-state index in [2.05, 4.69) is 26.6 Å². The van der Waals surface area contributed by atoms with Crippen LogP contribution in [0.1, 0.15) is 29.9 Å². The van der Waals surface area contributed by atoms with Gasteiger partial charge in [-0.05, 0) is 34.8 Å². The number of benzene rings is 1. The van der Waals surface area contributed by atoms with Crippen LogP contribution >= 0.6 is 0 Å². The molecule has 0 aliphatic carbocycles. The Bertz CT molecular complexity index is 1200. The molecule has 10 heteroatoms. The summed E-state index contributed by atoms with van der Waals surface area (Å²) in [6.45, 7) is 1.28. The van der Waals surface area contributed by atoms with Crippen molar-refractivity contribution in [3.05, 3.63) is 35.5 Å². The van der Waals surface area contributed by atoms with Crippen LogP contribution in [-0.4, -0.2) is 69.2 Å². The van der Waals surface area contributed by atoms with Gasteiger partial charge in [-0.2, -0.15) is 10.4 Å². The second kappa shape index (κ2) is 7.50. The molecule has 31 heavy (non-hydrogen) atoms. The molecule has 2 unspecified atom stereocenters. The Morgan fingerprint density at radius 1 is 1.26 bits per heavy atom. The predicted molar refractivity (Wildman–Crippen MR) is 112 cm³/mol. The summed E-state index contributed by atoms with van der Waals surface area (Å²) in [6, 6.07) is 8.20. The van der Waals surface area contributed by atoms with Crippen LogP contribution in [0.5, 0.6) is 0 Å². The molecule has 0 bridgehead atoms. The Morgan fingerprint density at radius 2 is 2.06 bits per heavy atom. The molecule has 0 saturated carbocycles. The lowest BCUT2D eigenvalue weighted by molar-refractivity contribution is 0.155. The molecule has 0 radical (unpaired) electrons. The average molecular weight is 418 g/mol. The number of rotatable bonds is 2. The summed E-state index contributed by atoms with van der Waals surface area (Å²) >= 11 is 0. The number of H-pyrrole nitrogens is 1. The number of nitriles is 1. The van der Waals surface area contributed by atoms with Gasteiger partial charge in [0.05, 0.1) is 18.2 Å². The maximum absolute atomic E-state index is 12.3. The smallest absolute Gasteiger partial charge is 0.319 e. The second-order valence-electron chi connectivity index (χ2n) is 8.21. The monoisotopic (exact) mass is 418 g/mol. The Kier molecular flexibility index (Phi) is 4.66. The fraction of sp³-hybridized carbons (Fsp3) is 0.429. The lowest BCUT2D eigenvalue weighted by atomic mass is 9.73. The molecule has 2 aliphatic heterocycles. The molecule has 1 N–H and O–H groups in total. The summed E-state index contributed by atoms with van der Waals surface area (Å²) in [5.41, 5.74) is 3.88. The quantitative estimate of drug-likeness (QED) is 0.681. The predicted octanol–water partition coefficient (Wildman–Crippen LogP) is 2.70. The van der Waals surface area contributed by atoms with Crippen molar-refractivity contribution in [2.75, 3.05) is 27.2 Å². The molecule has 2 atom stereocenters. The van der Waals surface area contributed by atoms with Crippen LogP contribution < -0.4 is 0 Å². The number of aromatic amines is 1. The molecular formula is C21H22N8O2. The molecule has 1 aromatic carbocycles. The van der Waals surface area contributed by atoms with Crippen LogP contribution in [0.3, 0.4) is 0 Å². The van der Waals surface area contributed by atoms with Crippen LogP contribution in [-0.2, 0) is 0 Å². The molecule has 1 fully saturated rings. The normalized spacial score (nSPS) is 21.5. The van der Waals surface area contributed by atoms with Crippen LogP contribution in [0.2, 0.25) is 0 Å². The van der Waals surface area contributed by atoms with E-state index in [1.54, 1.807) is 25.2 Å². The Morgan fingerprint density at radius 3 is 2.81 bits per heavy atom. The van der Waals surface area contributed by atoms with E-state index in [4.69, 9.17) is 9.62 Å². The second-order valence-corrected chi connectivity index (χ2v) is 8.21. The Balaban J connectivity index is 1.51. The number of nitrogens with zero attached hydrogens (tertiary/aromatic N) is 7. The van der Waals surface area contributed by atoms with Crippen LogP contribution in [0.4, 0.5) is 10.6 Å². The number of piperidine rings is 1. The topological polar surface area (TPSA) is 127 Å². The molecule has 0 spiro atoms. The third-order valence-corrected chi connectivity index (χ3v) is 6.23. The fourth-order valence-corrected chi connectivity index (χ4v) is 4.72. The highest BCUT2D eigenvalue weighted by Crippen LogP contribution is 2.45. The number of hydrogen-bond donors (Lipinski definition) is 1. The van der Waals surface area contributed by atoms with Gasteiger partial charge in [-0.3, -0.25) is 5.10 Å². The Hall–Kier alpha value is -3.74. The molecule has 158 valence electrons. The molecule has 2 aromatic heterocycles. The Labute approximate surface area is 178 Å². The van der Waals surface area contributed by atoms with Gasteiger partial charge in [-0.25, -0.2) is 14.4 Å². The highest BCUT2D eigenvalue weighted by Gasteiger charge is 2.41. The molecule has 3 aromatic rings. The zero-order valence-electron chi connectivity index (χ0n) is 17.3. The lowest BCUT2D eigenvalue weighted by Gasteiger charge is -2.37. The summed E-state index contributed by atoms with van der Waals surface area (Å²) in [5, 5.41) is 25.4. The minimum atomic E-state index is -0.464. The first-order valence-corrected chi connectivity index (χ1v) is 10.3. The molecular weight excluding hydrogens is 396 g/mol. The van der Waals surface area contributed by atoms with E-state index < -0.39 is 5.92 Å². The van der Waals surface area contributed by atoms with E-state index >= 15 is 0 Å². The van der Waals surface area contributed by atoms with Gasteiger partial charge < -0.3 is 9.80 Å². The van der Waals surface area contributed by atoms with E-state index in [9.17, 15) is 10.1 Å². The first-order chi connectivity index (χ1) is 15.1. The number of fused-ring (bicyclic) bond motifs is 2. The third-order valence-electron chi connectivity index (χ3n) is 6.23. The number of hydrogen-bond acceptors (Lipinski definition) is 7. The molecule has 2 amide bonds. The first kappa shape index (κ1) is 19.2. The number of nitrogens with one attached hydrogen (secondary N) is 1. The zero-order chi connectivity index (χ0) is 21.5. The van der Waals surface area contributed by atoms with Crippen molar-refractivity contribution in [1.29, 1.82) is 5.26 Å². The fourth-order valence-electron chi connectivity index (χ4n) is 4.72. The minimum Gasteiger partial charge on any atom is -0.331 e. The molecule has 2 aliphatic rings. The van der Waals surface area contributed by atoms with Crippen molar-refractivity contribution in [3.63, 3.8) is 0 Å². The van der Waals surface area contributed by atoms with Gasteiger partial charge in [0, 0.05) is 50.3 Å². The van der Waals surface area contributed by atoms with E-state index in [1.807, 2.05) is 23.1 Å². The summed E-state index contributed by atoms with van der Waals surface area (Å²) in [4.78, 5) is 20.6. The summed E-state index contributed by atoms with van der Waals surface area (Å²) in [6.07, 6.45) is 3.26. The highest BCUT2D eigenvalue weighted by molar-refractivity contribution is 5.97. The van der Waals surface area contributed by atoms with E-state index in [0.717, 1.165) is 29.7 Å². The van der Waals surface area contributed by atoms with E-state index in [1.165, 1.54) is 0 Å². The lowest BCUT2D eigenvalue weighted by Crippen LogP contribution is -2.46. The van der Waals surface area contributed by atoms with Gasteiger partial charge in [0.15, 0.2) is 5.82 Å². The number of aliphatic imine (C=N–C) groups is 1. The molecule has 5 rings (SSSR count). The number of carbonyl (C=O) groups is 1. The van der Waals surface area contributed by atoms with Crippen molar-refractivity contribution >= 4 is 28.6 Å². The van der Waals surface area contributed by atoms with Crippen molar-refractivity contribution in [2.24, 2.45) is 16.8 Å². The van der Waals surface area contributed by atoms with E-state index in [-0.39, 0.29) is 17.9 Å². The molecule has 10 nitrogen and oxygen atoms in total. The zero-order valence-corrected chi connectivity index (χ0v) is 17.3. The van der Waals surface area contributed by atoms with Crippen molar-refractivity contribution < 1.29 is 9.42 Å². The van der Waals surface area contributed by atoms with Crippen molar-refractivity contribution in [1.82, 2.24) is 30.3 Å². The van der Waals surface area contributed by atoms with Crippen molar-refractivity contribution in [3.8, 4) is 6.07 Å². The van der Waals surface area contributed by atoms with Gasteiger partial charge in [0.2, 0.25) is 0 Å². The van der Waals surface area contributed by atoms with Gasteiger partial charge in [-0.15, -0.1) is 0 Å². The van der Waals surface area contributed by atoms with Crippen molar-refractivity contribution in [2.45, 2.75) is 18.8 Å². The molecule has 4 heterocycles. The first-order valence-electron chi connectivity index (χ1n) is 10.3. The van der Waals surface area contributed by atoms with Crippen LogP contribution in [0, 0.1) is 23.2 Å². The summed E-state index contributed by atoms with van der Waals surface area (Å²) in [7, 11) is 3.52. The van der Waals surface area contributed by atoms with Gasteiger partial charge in [-0.1, -0.05) is 12.1 Å². The highest BCUT2D eigenvalue weighted by atomic mass is 16.6. The summed E-state index contributed by atoms with van der Waals surface area (Å²) < 4.78 is 4.95. The van der Waals surface area contributed by atoms with E-state index in [0.29, 0.717) is 29.9 Å². The molecule has 1 saturated heterocycles. The standard InChI is InChI=1S/C21H22N8O2/c1-28(2)21(30)29-8-6-12(7-9-29)18-14(10-22)17(15-11-23-25-20(15)24-18)13-4-3-5-16-19(13)27-31-26-16/h3-5,11-12,14,17H,6-9H2,1-2H3,(H,23,25). The average Bonchev–Trinajstić information content (AvgIpc) is 3.46. The number of carbonyl (C=O) groups excluding carboxylic acids is 1.